The Morgan fingerprint density at radius 3 is 2.43 bits per heavy atom. The molecule has 2 nitrogen and oxygen atoms in total. The van der Waals surface area contributed by atoms with Crippen molar-refractivity contribution < 1.29 is 5.11 Å². The van der Waals surface area contributed by atoms with Gasteiger partial charge in [0.05, 0.1) is 6.61 Å². The molecule has 2 N–H and O–H groups in total. The Labute approximate surface area is 48.6 Å². The standard InChI is InChI=1S/C4H10ClNO/c1-2-4(3-7)6-5/h4,6-7H,2-3H2,1H3/t4-/m0/s1. The van der Waals surface area contributed by atoms with Crippen molar-refractivity contribution in [3.05, 3.63) is 0 Å². The zero-order valence-corrected chi connectivity index (χ0v) is 5.07. The second kappa shape index (κ2) is 4.37. The number of nitrogens with one attached hydrogen (secondary N) is 1. The highest BCUT2D eigenvalue weighted by atomic mass is 35.5. The smallest absolute Gasteiger partial charge is 0.0597 e. The summed E-state index contributed by atoms with van der Waals surface area (Å²) in [5, 5.41) is 8.38. The van der Waals surface area contributed by atoms with E-state index in [0.29, 0.717) is 0 Å². The molecule has 0 aromatic rings. The van der Waals surface area contributed by atoms with Gasteiger partial charge in [0.15, 0.2) is 0 Å². The van der Waals surface area contributed by atoms with Gasteiger partial charge in [-0.3, -0.25) is 0 Å². The lowest BCUT2D eigenvalue weighted by Crippen LogP contribution is -2.23. The van der Waals surface area contributed by atoms with Crippen LogP contribution in [0.1, 0.15) is 13.3 Å². The van der Waals surface area contributed by atoms with E-state index in [1.54, 1.807) is 0 Å². The molecule has 0 aromatic carbocycles. The predicted molar refractivity (Wildman–Crippen MR) is 30.2 cm³/mol. The van der Waals surface area contributed by atoms with E-state index in [4.69, 9.17) is 16.9 Å². The van der Waals surface area contributed by atoms with E-state index in [-0.39, 0.29) is 12.6 Å². The number of hydrogen-bond acceptors (Lipinski definition) is 2. The van der Waals surface area contributed by atoms with Gasteiger partial charge in [-0.1, -0.05) is 6.92 Å². The molecule has 0 bridgehead atoms. The van der Waals surface area contributed by atoms with E-state index in [1.807, 2.05) is 6.92 Å². The highest BCUT2D eigenvalue weighted by Gasteiger charge is 1.97. The van der Waals surface area contributed by atoms with E-state index >= 15 is 0 Å². The Bertz CT molecular complexity index is 33.2. The average Bonchev–Trinajstić information content (AvgIpc) is 1.72. The molecule has 44 valence electrons. The first-order chi connectivity index (χ1) is 3.35. The molecule has 0 saturated heterocycles. The quantitative estimate of drug-likeness (QED) is 0.536. The van der Waals surface area contributed by atoms with Crippen LogP contribution in [-0.2, 0) is 0 Å². The second-order valence-corrected chi connectivity index (χ2v) is 1.62. The van der Waals surface area contributed by atoms with Gasteiger partial charge in [-0.2, -0.15) is 0 Å². The molecule has 0 aliphatic carbocycles. The van der Waals surface area contributed by atoms with Crippen LogP contribution in [-0.4, -0.2) is 17.8 Å². The fourth-order valence-electron chi connectivity index (χ4n) is 0.241. The normalized spacial score (nSPS) is 14.1. The maximum absolute atomic E-state index is 8.38. The van der Waals surface area contributed by atoms with Crippen molar-refractivity contribution in [1.82, 2.24) is 4.84 Å². The second-order valence-electron chi connectivity index (χ2n) is 1.40. The molecule has 0 fully saturated rings. The first-order valence-electron chi connectivity index (χ1n) is 2.32. The summed E-state index contributed by atoms with van der Waals surface area (Å²) in [6.45, 7) is 2.07. The summed E-state index contributed by atoms with van der Waals surface area (Å²) in [5.74, 6) is 0. The summed E-state index contributed by atoms with van der Waals surface area (Å²) < 4.78 is 0. The van der Waals surface area contributed by atoms with Crippen LogP contribution in [0, 0.1) is 0 Å². The first kappa shape index (κ1) is 7.21. The molecule has 0 heterocycles. The zero-order valence-electron chi connectivity index (χ0n) is 4.32. The highest BCUT2D eigenvalue weighted by molar-refractivity contribution is 6.13. The lowest BCUT2D eigenvalue weighted by Gasteiger charge is -2.04. The van der Waals surface area contributed by atoms with Gasteiger partial charge in [0.1, 0.15) is 0 Å². The maximum Gasteiger partial charge on any atom is 0.0597 e. The van der Waals surface area contributed by atoms with Crippen molar-refractivity contribution in [2.45, 2.75) is 19.4 Å². The van der Waals surface area contributed by atoms with Crippen LogP contribution in [0.25, 0.3) is 0 Å². The molecule has 0 aliphatic heterocycles. The van der Waals surface area contributed by atoms with Crippen LogP contribution in [0.5, 0.6) is 0 Å². The molecule has 0 rings (SSSR count). The SMILES string of the molecule is CC[C@@H](CO)NCl. The maximum atomic E-state index is 8.38. The third kappa shape index (κ3) is 2.85. The van der Waals surface area contributed by atoms with Gasteiger partial charge in [-0.15, -0.1) is 0 Å². The summed E-state index contributed by atoms with van der Waals surface area (Å²) in [7, 11) is 0. The topological polar surface area (TPSA) is 32.3 Å². The van der Waals surface area contributed by atoms with Gasteiger partial charge < -0.3 is 5.11 Å². The third-order valence-corrected chi connectivity index (χ3v) is 1.18. The van der Waals surface area contributed by atoms with Crippen LogP contribution in [0.4, 0.5) is 0 Å². The molecule has 0 unspecified atom stereocenters. The highest BCUT2D eigenvalue weighted by Crippen LogP contribution is 1.87. The van der Waals surface area contributed by atoms with Crippen molar-refractivity contribution in [3.63, 3.8) is 0 Å². The number of hydrogen-bond donors (Lipinski definition) is 2. The minimum absolute atomic E-state index is 0.0571. The number of aliphatic hydroxyl groups is 1. The van der Waals surface area contributed by atoms with E-state index in [9.17, 15) is 0 Å². The molecule has 0 aromatic heterocycles. The number of aliphatic hydroxyl groups excluding tert-OH is 1. The van der Waals surface area contributed by atoms with E-state index < -0.39 is 0 Å². The Kier molecular flexibility index (Phi) is 4.50. The molecule has 7 heavy (non-hydrogen) atoms. The van der Waals surface area contributed by atoms with Gasteiger partial charge in [0.25, 0.3) is 0 Å². The summed E-state index contributed by atoms with van der Waals surface area (Å²) in [6, 6.07) is 0.0571. The largest absolute Gasteiger partial charge is 0.395 e. The molecular formula is C4H10ClNO. The van der Waals surface area contributed by atoms with Gasteiger partial charge in [0, 0.05) is 6.04 Å². The van der Waals surface area contributed by atoms with Gasteiger partial charge in [-0.25, -0.2) is 4.84 Å². The Balaban J connectivity index is 2.99. The zero-order chi connectivity index (χ0) is 5.70. The van der Waals surface area contributed by atoms with Crippen molar-refractivity contribution in [1.29, 1.82) is 0 Å². The van der Waals surface area contributed by atoms with Crippen LogP contribution in [0.3, 0.4) is 0 Å². The fourth-order valence-corrected chi connectivity index (χ4v) is 0.464. The summed E-state index contributed by atoms with van der Waals surface area (Å²) in [5.41, 5.74) is 0. The van der Waals surface area contributed by atoms with Crippen LogP contribution in [0.15, 0.2) is 0 Å². The summed E-state index contributed by atoms with van der Waals surface area (Å²) >= 11 is 5.16. The first-order valence-corrected chi connectivity index (χ1v) is 2.70. The molecular weight excluding hydrogens is 114 g/mol. The monoisotopic (exact) mass is 123 g/mol. The molecule has 0 radical (unpaired) electrons. The molecule has 0 amide bonds. The molecule has 0 aliphatic rings. The lowest BCUT2D eigenvalue weighted by molar-refractivity contribution is 0.255. The molecule has 3 heteroatoms. The third-order valence-electron chi connectivity index (χ3n) is 0.867. The minimum Gasteiger partial charge on any atom is -0.395 e. The predicted octanol–water partition coefficient (Wildman–Crippen LogP) is 0.501. The van der Waals surface area contributed by atoms with Gasteiger partial charge in [-0.05, 0) is 18.2 Å². The van der Waals surface area contributed by atoms with Crippen molar-refractivity contribution in [2.24, 2.45) is 0 Å². The summed E-state index contributed by atoms with van der Waals surface area (Å²) in [4.78, 5) is 2.42. The average molecular weight is 124 g/mol. The van der Waals surface area contributed by atoms with Gasteiger partial charge >= 0.3 is 0 Å². The van der Waals surface area contributed by atoms with E-state index in [1.165, 1.54) is 0 Å². The van der Waals surface area contributed by atoms with Crippen molar-refractivity contribution in [3.8, 4) is 0 Å². The molecule has 1 atom stereocenters. The lowest BCUT2D eigenvalue weighted by atomic mass is 10.3. The van der Waals surface area contributed by atoms with Crippen molar-refractivity contribution >= 4 is 11.8 Å². The minimum atomic E-state index is 0.0571. The number of halogens is 1. The number of rotatable bonds is 3. The van der Waals surface area contributed by atoms with Crippen molar-refractivity contribution in [2.75, 3.05) is 6.61 Å². The Hall–Kier alpha value is 0.210. The van der Waals surface area contributed by atoms with Gasteiger partial charge in [0.2, 0.25) is 0 Å². The molecule has 0 spiro atoms. The van der Waals surface area contributed by atoms with E-state index in [0.717, 1.165) is 6.42 Å². The summed E-state index contributed by atoms with van der Waals surface area (Å²) in [6.07, 6.45) is 0.861. The van der Waals surface area contributed by atoms with Crippen LogP contribution < -0.4 is 4.84 Å². The van der Waals surface area contributed by atoms with E-state index in [2.05, 4.69) is 4.84 Å². The van der Waals surface area contributed by atoms with Crippen LogP contribution in [0.2, 0.25) is 0 Å². The van der Waals surface area contributed by atoms with Crippen LogP contribution >= 0.6 is 11.8 Å². The molecule has 0 saturated carbocycles. The Morgan fingerprint density at radius 2 is 2.43 bits per heavy atom. The Morgan fingerprint density at radius 1 is 1.86 bits per heavy atom. The fraction of sp³-hybridized carbons (Fsp3) is 1.00.